The Balaban J connectivity index is 1.53. The lowest BCUT2D eigenvalue weighted by molar-refractivity contribution is 0.0649. The molecule has 0 saturated heterocycles. The molecule has 3 aromatic rings. The van der Waals surface area contributed by atoms with E-state index >= 15 is 0 Å². The molecular formula is C20H18N2O3. The van der Waals surface area contributed by atoms with Gasteiger partial charge in [0.1, 0.15) is 5.75 Å². The van der Waals surface area contributed by atoms with Crippen LogP contribution in [-0.4, -0.2) is 34.4 Å². The molecule has 1 aliphatic heterocycles. The van der Waals surface area contributed by atoms with Crippen molar-refractivity contribution in [2.45, 2.75) is 13.5 Å². The predicted octanol–water partition coefficient (Wildman–Crippen LogP) is 3.34. The summed E-state index contributed by atoms with van der Waals surface area (Å²) in [5, 5.41) is 1.08. The van der Waals surface area contributed by atoms with Crippen LogP contribution in [0.1, 0.15) is 27.6 Å². The number of rotatable bonds is 5. The van der Waals surface area contributed by atoms with Gasteiger partial charge in [-0.25, -0.2) is 0 Å². The molecule has 5 heteroatoms. The minimum atomic E-state index is -0.212. The molecular weight excluding hydrogens is 316 g/mol. The van der Waals surface area contributed by atoms with Crippen LogP contribution in [-0.2, 0) is 6.54 Å². The lowest BCUT2D eigenvalue weighted by Crippen LogP contribution is -2.32. The number of carbonyl (C=O) groups is 2. The van der Waals surface area contributed by atoms with E-state index in [9.17, 15) is 9.59 Å². The molecule has 0 spiro atoms. The standard InChI is InChI=1S/C20H18N2O3/c1-2-25-15-7-8-18-14(13-15)9-10-21(18)11-12-22-19(23)16-5-3-4-6-17(16)20(22)24/h3-10,13H,2,11-12H2,1H3. The van der Waals surface area contributed by atoms with E-state index in [1.807, 2.05) is 37.4 Å². The van der Waals surface area contributed by atoms with Gasteiger partial charge in [-0.1, -0.05) is 12.1 Å². The van der Waals surface area contributed by atoms with E-state index in [4.69, 9.17) is 4.74 Å². The van der Waals surface area contributed by atoms with Gasteiger partial charge in [-0.05, 0) is 43.3 Å². The third kappa shape index (κ3) is 2.58. The van der Waals surface area contributed by atoms with Gasteiger partial charge in [-0.2, -0.15) is 0 Å². The first-order chi connectivity index (χ1) is 12.2. The van der Waals surface area contributed by atoms with E-state index < -0.39 is 0 Å². The zero-order chi connectivity index (χ0) is 17.4. The third-order valence-electron chi connectivity index (χ3n) is 4.50. The highest BCUT2D eigenvalue weighted by atomic mass is 16.5. The van der Waals surface area contributed by atoms with Gasteiger partial charge in [-0.15, -0.1) is 0 Å². The van der Waals surface area contributed by atoms with Crippen molar-refractivity contribution in [2.75, 3.05) is 13.2 Å². The van der Waals surface area contributed by atoms with Gasteiger partial charge >= 0.3 is 0 Å². The van der Waals surface area contributed by atoms with Crippen molar-refractivity contribution in [3.8, 4) is 5.75 Å². The Labute approximate surface area is 145 Å². The lowest BCUT2D eigenvalue weighted by atomic mass is 10.1. The van der Waals surface area contributed by atoms with Gasteiger partial charge in [-0.3, -0.25) is 14.5 Å². The van der Waals surface area contributed by atoms with E-state index in [0.717, 1.165) is 16.7 Å². The number of aromatic nitrogens is 1. The van der Waals surface area contributed by atoms with Crippen molar-refractivity contribution in [3.05, 3.63) is 65.9 Å². The van der Waals surface area contributed by atoms with E-state index in [-0.39, 0.29) is 11.8 Å². The first-order valence-electron chi connectivity index (χ1n) is 8.36. The molecule has 1 aliphatic rings. The number of hydrogen-bond donors (Lipinski definition) is 0. The fourth-order valence-electron chi connectivity index (χ4n) is 3.28. The molecule has 0 unspecified atom stereocenters. The van der Waals surface area contributed by atoms with E-state index in [0.29, 0.717) is 30.8 Å². The van der Waals surface area contributed by atoms with Gasteiger partial charge < -0.3 is 9.30 Å². The highest BCUT2D eigenvalue weighted by Gasteiger charge is 2.34. The Kier molecular flexibility index (Phi) is 3.76. The van der Waals surface area contributed by atoms with E-state index in [1.54, 1.807) is 24.3 Å². The van der Waals surface area contributed by atoms with Crippen molar-refractivity contribution in [2.24, 2.45) is 0 Å². The van der Waals surface area contributed by atoms with Gasteiger partial charge in [0.25, 0.3) is 11.8 Å². The normalized spacial score (nSPS) is 13.6. The first-order valence-corrected chi connectivity index (χ1v) is 8.36. The summed E-state index contributed by atoms with van der Waals surface area (Å²) in [5.41, 5.74) is 2.04. The van der Waals surface area contributed by atoms with Crippen LogP contribution in [0.15, 0.2) is 54.7 Å². The number of benzene rings is 2. The van der Waals surface area contributed by atoms with Crippen molar-refractivity contribution >= 4 is 22.7 Å². The van der Waals surface area contributed by atoms with Crippen molar-refractivity contribution in [1.82, 2.24) is 9.47 Å². The molecule has 1 aromatic heterocycles. The summed E-state index contributed by atoms with van der Waals surface area (Å²) in [7, 11) is 0. The topological polar surface area (TPSA) is 51.5 Å². The fourth-order valence-corrected chi connectivity index (χ4v) is 3.28. The molecule has 0 N–H and O–H groups in total. The summed E-state index contributed by atoms with van der Waals surface area (Å²) in [6.07, 6.45) is 1.97. The summed E-state index contributed by atoms with van der Waals surface area (Å²) in [4.78, 5) is 26.2. The second-order valence-electron chi connectivity index (χ2n) is 5.97. The average Bonchev–Trinajstić information content (AvgIpc) is 3.14. The SMILES string of the molecule is CCOc1ccc2c(ccn2CCN2C(=O)c3ccccc3C2=O)c1. The smallest absolute Gasteiger partial charge is 0.261 e. The molecule has 0 atom stereocenters. The number of imide groups is 1. The first kappa shape index (κ1) is 15.4. The Morgan fingerprint density at radius 2 is 1.64 bits per heavy atom. The Hall–Kier alpha value is -3.08. The molecule has 4 rings (SSSR count). The van der Waals surface area contributed by atoms with Crippen LogP contribution in [0.5, 0.6) is 5.75 Å². The maximum atomic E-state index is 12.4. The van der Waals surface area contributed by atoms with Gasteiger partial charge in [0, 0.05) is 30.2 Å². The van der Waals surface area contributed by atoms with Crippen LogP contribution in [0.25, 0.3) is 10.9 Å². The molecule has 0 saturated carbocycles. The van der Waals surface area contributed by atoms with Crippen LogP contribution in [0.2, 0.25) is 0 Å². The minimum Gasteiger partial charge on any atom is -0.494 e. The van der Waals surface area contributed by atoms with Crippen LogP contribution in [0.3, 0.4) is 0 Å². The predicted molar refractivity (Wildman–Crippen MR) is 94.9 cm³/mol. The molecule has 0 radical (unpaired) electrons. The van der Waals surface area contributed by atoms with Crippen LogP contribution in [0, 0.1) is 0 Å². The minimum absolute atomic E-state index is 0.212. The fraction of sp³-hybridized carbons (Fsp3) is 0.200. The molecule has 2 heterocycles. The summed E-state index contributed by atoms with van der Waals surface area (Å²) < 4.78 is 7.57. The summed E-state index contributed by atoms with van der Waals surface area (Å²) in [6.45, 7) is 3.50. The molecule has 0 bridgehead atoms. The third-order valence-corrected chi connectivity index (χ3v) is 4.50. The van der Waals surface area contributed by atoms with Crippen LogP contribution >= 0.6 is 0 Å². The number of fused-ring (bicyclic) bond motifs is 2. The van der Waals surface area contributed by atoms with E-state index in [2.05, 4.69) is 4.57 Å². The van der Waals surface area contributed by atoms with Crippen molar-refractivity contribution in [1.29, 1.82) is 0 Å². The van der Waals surface area contributed by atoms with Crippen LogP contribution < -0.4 is 4.74 Å². The Morgan fingerprint density at radius 1 is 0.920 bits per heavy atom. The van der Waals surface area contributed by atoms with Gasteiger partial charge in [0.2, 0.25) is 0 Å². The van der Waals surface area contributed by atoms with E-state index in [1.165, 1.54) is 4.90 Å². The van der Waals surface area contributed by atoms with Gasteiger partial charge in [0.15, 0.2) is 0 Å². The van der Waals surface area contributed by atoms with Crippen molar-refractivity contribution in [3.63, 3.8) is 0 Å². The summed E-state index contributed by atoms with van der Waals surface area (Å²) >= 11 is 0. The number of amides is 2. The zero-order valence-corrected chi connectivity index (χ0v) is 13.9. The number of nitrogens with zero attached hydrogens (tertiary/aromatic N) is 2. The maximum Gasteiger partial charge on any atom is 0.261 e. The highest BCUT2D eigenvalue weighted by Crippen LogP contribution is 2.24. The zero-order valence-electron chi connectivity index (χ0n) is 13.9. The molecule has 25 heavy (non-hydrogen) atoms. The summed E-state index contributed by atoms with van der Waals surface area (Å²) in [5.74, 6) is 0.416. The second-order valence-corrected chi connectivity index (χ2v) is 5.97. The molecule has 0 fully saturated rings. The molecule has 2 amide bonds. The molecule has 126 valence electrons. The number of carbonyl (C=O) groups excluding carboxylic acids is 2. The quantitative estimate of drug-likeness (QED) is 0.673. The van der Waals surface area contributed by atoms with Crippen LogP contribution in [0.4, 0.5) is 0 Å². The molecule has 0 aliphatic carbocycles. The maximum absolute atomic E-state index is 12.4. The largest absolute Gasteiger partial charge is 0.494 e. The molecule has 5 nitrogen and oxygen atoms in total. The van der Waals surface area contributed by atoms with Gasteiger partial charge in [0.05, 0.1) is 17.7 Å². The number of hydrogen-bond acceptors (Lipinski definition) is 3. The Morgan fingerprint density at radius 3 is 2.32 bits per heavy atom. The van der Waals surface area contributed by atoms with Crippen molar-refractivity contribution < 1.29 is 14.3 Å². The number of ether oxygens (including phenoxy) is 1. The average molecular weight is 334 g/mol. The monoisotopic (exact) mass is 334 g/mol. The summed E-state index contributed by atoms with van der Waals surface area (Å²) in [6, 6.07) is 14.9. The second kappa shape index (κ2) is 6.09. The highest BCUT2D eigenvalue weighted by molar-refractivity contribution is 6.21. The Bertz CT molecular complexity index is 939. The lowest BCUT2D eigenvalue weighted by Gasteiger charge is -2.15. The molecule has 2 aromatic carbocycles.